The Labute approximate surface area is 184 Å². The van der Waals surface area contributed by atoms with Gasteiger partial charge in [-0.2, -0.15) is 13.2 Å². The zero-order chi connectivity index (χ0) is 22.5. The van der Waals surface area contributed by atoms with Crippen molar-refractivity contribution in [2.24, 2.45) is 5.92 Å². The van der Waals surface area contributed by atoms with Gasteiger partial charge in [0.25, 0.3) is 0 Å². The van der Waals surface area contributed by atoms with Crippen LogP contribution in [0.25, 0.3) is 10.9 Å². The Bertz CT molecular complexity index is 1120. The Kier molecular flexibility index (Phi) is 5.34. The predicted octanol–water partition coefficient (Wildman–Crippen LogP) is 5.17. The maximum atomic E-state index is 12.9. The first-order valence-electron chi connectivity index (χ1n) is 10.9. The van der Waals surface area contributed by atoms with E-state index in [1.807, 2.05) is 24.3 Å². The van der Waals surface area contributed by atoms with Crippen LogP contribution < -0.4 is 4.74 Å². The molecule has 3 saturated heterocycles. The number of piperidine rings is 3. The minimum absolute atomic E-state index is 0.0313. The second kappa shape index (κ2) is 8.05. The second-order valence-corrected chi connectivity index (χ2v) is 8.80. The van der Waals surface area contributed by atoms with E-state index in [0.717, 1.165) is 48.0 Å². The van der Waals surface area contributed by atoms with Gasteiger partial charge in [-0.3, -0.25) is 9.88 Å². The van der Waals surface area contributed by atoms with E-state index in [2.05, 4.69) is 9.88 Å². The molecule has 7 heteroatoms. The largest absolute Gasteiger partial charge is 0.497 e. The maximum Gasteiger partial charge on any atom is 0.416 e. The quantitative estimate of drug-likeness (QED) is 0.605. The number of aliphatic hydroxyl groups excluding tert-OH is 1. The van der Waals surface area contributed by atoms with Crippen LogP contribution in [0.5, 0.6) is 5.75 Å². The number of fused-ring (bicyclic) bond motifs is 4. The van der Waals surface area contributed by atoms with Gasteiger partial charge < -0.3 is 9.84 Å². The second-order valence-electron chi connectivity index (χ2n) is 8.80. The Hall–Kier alpha value is -2.64. The van der Waals surface area contributed by atoms with Crippen LogP contribution in [-0.2, 0) is 6.18 Å². The molecule has 3 fully saturated rings. The minimum Gasteiger partial charge on any atom is -0.497 e. The topological polar surface area (TPSA) is 45.6 Å². The number of halogens is 3. The van der Waals surface area contributed by atoms with Crippen LogP contribution in [0.15, 0.2) is 54.7 Å². The van der Waals surface area contributed by atoms with E-state index in [0.29, 0.717) is 11.7 Å². The summed E-state index contributed by atoms with van der Waals surface area (Å²) in [6.07, 6.45) is -1.49. The molecule has 4 nitrogen and oxygen atoms in total. The predicted molar refractivity (Wildman–Crippen MR) is 116 cm³/mol. The van der Waals surface area contributed by atoms with Crippen molar-refractivity contribution < 1.29 is 23.0 Å². The summed E-state index contributed by atoms with van der Waals surface area (Å²) in [6.45, 7) is 1.62. The van der Waals surface area contributed by atoms with Crippen molar-refractivity contribution in [2.45, 2.75) is 37.1 Å². The van der Waals surface area contributed by atoms with Crippen LogP contribution in [0.2, 0.25) is 0 Å². The third-order valence-electron chi connectivity index (χ3n) is 7.13. The monoisotopic (exact) mass is 442 g/mol. The summed E-state index contributed by atoms with van der Waals surface area (Å²) < 4.78 is 44.1. The molecule has 0 spiro atoms. The smallest absolute Gasteiger partial charge is 0.416 e. The van der Waals surface area contributed by atoms with Gasteiger partial charge in [0.15, 0.2) is 0 Å². The minimum atomic E-state index is -4.32. The fourth-order valence-electron chi connectivity index (χ4n) is 5.43. The van der Waals surface area contributed by atoms with E-state index in [1.165, 1.54) is 12.1 Å². The van der Waals surface area contributed by atoms with Gasteiger partial charge in [0.1, 0.15) is 5.75 Å². The molecule has 0 radical (unpaired) electrons. The summed E-state index contributed by atoms with van der Waals surface area (Å²) in [6, 6.07) is 13.1. The Balaban J connectivity index is 1.39. The lowest BCUT2D eigenvalue weighted by molar-refractivity contribution is -0.137. The Morgan fingerprint density at radius 3 is 2.56 bits per heavy atom. The molecule has 2 aromatic carbocycles. The zero-order valence-corrected chi connectivity index (χ0v) is 17.7. The molecule has 3 aliphatic heterocycles. The molecule has 2 bridgehead atoms. The number of nitrogens with zero attached hydrogens (tertiary/aromatic N) is 2. The fraction of sp³-hybridized carbons (Fsp3) is 0.400. The van der Waals surface area contributed by atoms with E-state index in [4.69, 9.17) is 4.74 Å². The van der Waals surface area contributed by atoms with Crippen LogP contribution in [0.3, 0.4) is 0 Å². The van der Waals surface area contributed by atoms with Crippen molar-refractivity contribution in [3.63, 3.8) is 0 Å². The van der Waals surface area contributed by atoms with Crippen LogP contribution in [0, 0.1) is 5.92 Å². The number of aliphatic hydroxyl groups is 1. The normalized spacial score (nSPS) is 26.3. The highest BCUT2D eigenvalue weighted by atomic mass is 19.4. The summed E-state index contributed by atoms with van der Waals surface area (Å²) in [5, 5.41) is 12.3. The molecule has 0 saturated carbocycles. The van der Waals surface area contributed by atoms with E-state index < -0.39 is 17.8 Å². The van der Waals surface area contributed by atoms with Gasteiger partial charge in [0, 0.05) is 24.2 Å². The van der Waals surface area contributed by atoms with Crippen molar-refractivity contribution >= 4 is 10.9 Å². The third kappa shape index (κ3) is 3.73. The number of hydrogen-bond donors (Lipinski definition) is 1. The van der Waals surface area contributed by atoms with Gasteiger partial charge in [0.2, 0.25) is 0 Å². The molecule has 3 aliphatic rings. The lowest BCUT2D eigenvalue weighted by Crippen LogP contribution is -2.54. The van der Waals surface area contributed by atoms with Gasteiger partial charge in [-0.15, -0.1) is 0 Å². The fourth-order valence-corrected chi connectivity index (χ4v) is 5.43. The van der Waals surface area contributed by atoms with Gasteiger partial charge in [0.05, 0.1) is 24.3 Å². The molecular formula is C25H25F3N2O2. The zero-order valence-electron chi connectivity index (χ0n) is 17.7. The maximum absolute atomic E-state index is 12.9. The number of hydrogen-bond acceptors (Lipinski definition) is 4. The van der Waals surface area contributed by atoms with Gasteiger partial charge >= 0.3 is 6.18 Å². The molecule has 1 aromatic heterocycles. The highest BCUT2D eigenvalue weighted by Gasteiger charge is 2.44. The highest BCUT2D eigenvalue weighted by Crippen LogP contribution is 2.46. The first kappa shape index (κ1) is 21.2. The lowest BCUT2D eigenvalue weighted by atomic mass is 9.71. The summed E-state index contributed by atoms with van der Waals surface area (Å²) >= 11 is 0. The van der Waals surface area contributed by atoms with Gasteiger partial charge in [-0.1, -0.05) is 12.1 Å². The van der Waals surface area contributed by atoms with E-state index in [9.17, 15) is 18.3 Å². The standard InChI is InChI=1S/C25H25F3N2O2/c1-32-18-6-7-22-20(13-18)19(8-10-29-22)24(31)23-12-16-9-11-30(23)14-21(16)15-2-4-17(5-3-15)25(26,27)28/h2-8,10,13,16,21,23-24,31H,9,11-12,14H2,1H3/t16-,21+,23-,24+/m0/s1. The molecule has 5 atom stereocenters. The number of alkyl halides is 3. The third-order valence-corrected chi connectivity index (χ3v) is 7.13. The first-order valence-corrected chi connectivity index (χ1v) is 10.9. The number of methoxy groups -OCH3 is 1. The molecule has 4 heterocycles. The summed E-state index contributed by atoms with van der Waals surface area (Å²) in [7, 11) is 1.61. The van der Waals surface area contributed by atoms with Crippen LogP contribution in [0.4, 0.5) is 13.2 Å². The number of pyridine rings is 1. The van der Waals surface area contributed by atoms with Crippen LogP contribution in [-0.4, -0.2) is 41.2 Å². The molecule has 6 rings (SSSR count). The number of ether oxygens (including phenoxy) is 1. The molecule has 168 valence electrons. The average molecular weight is 442 g/mol. The molecular weight excluding hydrogens is 417 g/mol. The Morgan fingerprint density at radius 2 is 1.91 bits per heavy atom. The van der Waals surface area contributed by atoms with E-state index >= 15 is 0 Å². The van der Waals surface area contributed by atoms with Gasteiger partial charge in [-0.05, 0) is 78.7 Å². The first-order chi connectivity index (χ1) is 15.3. The summed E-state index contributed by atoms with van der Waals surface area (Å²) in [5.41, 5.74) is 1.97. The molecule has 3 aromatic rings. The molecule has 32 heavy (non-hydrogen) atoms. The van der Waals surface area contributed by atoms with E-state index in [1.54, 1.807) is 25.4 Å². The number of aromatic nitrogens is 1. The van der Waals surface area contributed by atoms with Crippen molar-refractivity contribution in [1.29, 1.82) is 0 Å². The Morgan fingerprint density at radius 1 is 1.12 bits per heavy atom. The van der Waals surface area contributed by atoms with Crippen molar-refractivity contribution in [3.8, 4) is 5.75 Å². The van der Waals surface area contributed by atoms with Crippen LogP contribution >= 0.6 is 0 Å². The van der Waals surface area contributed by atoms with Crippen molar-refractivity contribution in [3.05, 3.63) is 71.4 Å². The molecule has 0 amide bonds. The molecule has 1 unspecified atom stereocenters. The average Bonchev–Trinajstić information content (AvgIpc) is 2.82. The molecule has 0 aliphatic carbocycles. The van der Waals surface area contributed by atoms with Gasteiger partial charge in [-0.25, -0.2) is 0 Å². The number of rotatable bonds is 4. The molecule has 1 N–H and O–H groups in total. The summed E-state index contributed by atoms with van der Waals surface area (Å²) in [4.78, 5) is 6.70. The van der Waals surface area contributed by atoms with E-state index in [-0.39, 0.29) is 12.0 Å². The van der Waals surface area contributed by atoms with Crippen molar-refractivity contribution in [1.82, 2.24) is 9.88 Å². The SMILES string of the molecule is COc1ccc2nccc([C@@H](O)[C@@H]3C[C@@H]4CCN3C[C@@H]4c3ccc(C(F)(F)F)cc3)c2c1. The summed E-state index contributed by atoms with van der Waals surface area (Å²) in [5.74, 6) is 1.23. The lowest BCUT2D eigenvalue weighted by Gasteiger charge is -2.51. The van der Waals surface area contributed by atoms with Crippen molar-refractivity contribution in [2.75, 3.05) is 20.2 Å². The highest BCUT2D eigenvalue weighted by molar-refractivity contribution is 5.84. The van der Waals surface area contributed by atoms with Crippen LogP contribution in [0.1, 0.15) is 41.6 Å². The number of benzene rings is 2.